The largest absolute Gasteiger partial charge is 0.493 e. The van der Waals surface area contributed by atoms with Gasteiger partial charge in [0.2, 0.25) is 0 Å². The van der Waals surface area contributed by atoms with Gasteiger partial charge in [0.15, 0.2) is 11.6 Å². The average molecular weight is 473 g/mol. The molecule has 1 N–H and O–H groups in total. The third-order valence-electron chi connectivity index (χ3n) is 4.38. The fourth-order valence-corrected chi connectivity index (χ4v) is 2.95. The number of methoxy groups -OCH3 is 1. The summed E-state index contributed by atoms with van der Waals surface area (Å²) in [5, 5.41) is 3.25. The summed E-state index contributed by atoms with van der Waals surface area (Å²) in [6.07, 6.45) is 3.61. The zero-order valence-electron chi connectivity index (χ0n) is 16.4. The Bertz CT molecular complexity index is 895. The van der Waals surface area contributed by atoms with Gasteiger partial charge in [-0.05, 0) is 36.4 Å². The van der Waals surface area contributed by atoms with Crippen molar-refractivity contribution in [3.05, 3.63) is 54.9 Å². The normalized spacial score (nSPS) is 12.6. The van der Waals surface area contributed by atoms with Crippen LogP contribution in [0.5, 0.6) is 5.75 Å². The highest BCUT2D eigenvalue weighted by molar-refractivity contribution is 5.86. The van der Waals surface area contributed by atoms with Gasteiger partial charge in [0.05, 0.1) is 43.6 Å². The lowest BCUT2D eigenvalue weighted by Crippen LogP contribution is -2.36. The zero-order valence-corrected chi connectivity index (χ0v) is 18.8. The number of pyridine rings is 3. The minimum Gasteiger partial charge on any atom is -0.493 e. The Hall–Kier alpha value is -2.32. The van der Waals surface area contributed by atoms with E-state index in [1.165, 1.54) is 0 Å². The highest BCUT2D eigenvalue weighted by Gasteiger charge is 2.13. The molecule has 1 saturated heterocycles. The van der Waals surface area contributed by atoms with Crippen molar-refractivity contribution in [2.45, 2.75) is 0 Å². The van der Waals surface area contributed by atoms with Crippen molar-refractivity contribution in [2.24, 2.45) is 0 Å². The number of nitrogens with one attached hydrogen (secondary N) is 1. The number of nitrogens with zero attached hydrogens (tertiary/aromatic N) is 4. The minimum absolute atomic E-state index is 0. The van der Waals surface area contributed by atoms with E-state index in [1.54, 1.807) is 13.3 Å². The third kappa shape index (κ3) is 6.09. The van der Waals surface area contributed by atoms with E-state index in [0.717, 1.165) is 43.4 Å². The second kappa shape index (κ2) is 12.4. The maximum absolute atomic E-state index is 5.43. The predicted octanol–water partition coefficient (Wildman–Crippen LogP) is 4.39. The summed E-state index contributed by atoms with van der Waals surface area (Å²) in [7, 11) is 1.62. The summed E-state index contributed by atoms with van der Waals surface area (Å²) >= 11 is 0. The van der Waals surface area contributed by atoms with Crippen LogP contribution < -0.4 is 15.0 Å². The Morgan fingerprint density at radius 3 is 2.37 bits per heavy atom. The fourth-order valence-electron chi connectivity index (χ4n) is 2.95. The second-order valence-corrected chi connectivity index (χ2v) is 6.09. The number of halogens is 3. The van der Waals surface area contributed by atoms with Gasteiger partial charge < -0.3 is 19.7 Å². The van der Waals surface area contributed by atoms with Crippen molar-refractivity contribution in [1.29, 1.82) is 0 Å². The van der Waals surface area contributed by atoms with E-state index in [0.29, 0.717) is 17.4 Å². The SMILES string of the molecule is COc1ccc(-c2ccccn2)nc1Nc1ccc(N2CCOCC2)cn1.Cl.Cl.Cl. The van der Waals surface area contributed by atoms with Gasteiger partial charge in [0, 0.05) is 19.3 Å². The minimum atomic E-state index is 0. The molecule has 4 rings (SSSR count). The van der Waals surface area contributed by atoms with Gasteiger partial charge >= 0.3 is 0 Å². The van der Waals surface area contributed by atoms with Crippen molar-refractivity contribution in [1.82, 2.24) is 15.0 Å². The molecule has 0 amide bonds. The highest BCUT2D eigenvalue weighted by atomic mass is 35.5. The molecule has 0 bridgehead atoms. The molecular formula is C20H24Cl3N5O2. The molecule has 7 nitrogen and oxygen atoms in total. The van der Waals surface area contributed by atoms with Gasteiger partial charge in [-0.15, -0.1) is 37.2 Å². The van der Waals surface area contributed by atoms with Crippen LogP contribution in [-0.2, 0) is 4.74 Å². The first kappa shape index (κ1) is 25.7. The smallest absolute Gasteiger partial charge is 0.175 e. The number of ether oxygens (including phenoxy) is 2. The maximum Gasteiger partial charge on any atom is 0.175 e. The summed E-state index contributed by atoms with van der Waals surface area (Å²) in [6.45, 7) is 3.27. The van der Waals surface area contributed by atoms with Crippen molar-refractivity contribution in [3.8, 4) is 17.1 Å². The van der Waals surface area contributed by atoms with E-state index >= 15 is 0 Å². The van der Waals surface area contributed by atoms with Crippen LogP contribution in [0.1, 0.15) is 0 Å². The fraction of sp³-hybridized carbons (Fsp3) is 0.250. The van der Waals surface area contributed by atoms with Crippen LogP contribution in [0.25, 0.3) is 11.4 Å². The van der Waals surface area contributed by atoms with Gasteiger partial charge in [-0.1, -0.05) is 6.07 Å². The molecular weight excluding hydrogens is 449 g/mol. The number of aromatic nitrogens is 3. The number of hydrogen-bond donors (Lipinski definition) is 1. The topological polar surface area (TPSA) is 72.4 Å². The van der Waals surface area contributed by atoms with Crippen LogP contribution in [0.2, 0.25) is 0 Å². The molecule has 3 aromatic heterocycles. The van der Waals surface area contributed by atoms with Gasteiger partial charge in [-0.25, -0.2) is 9.97 Å². The third-order valence-corrected chi connectivity index (χ3v) is 4.38. The highest BCUT2D eigenvalue weighted by Crippen LogP contribution is 2.28. The van der Waals surface area contributed by atoms with E-state index in [-0.39, 0.29) is 37.2 Å². The quantitative estimate of drug-likeness (QED) is 0.590. The van der Waals surface area contributed by atoms with Crippen LogP contribution >= 0.6 is 37.2 Å². The van der Waals surface area contributed by atoms with E-state index in [2.05, 4.69) is 31.2 Å². The van der Waals surface area contributed by atoms with Crippen molar-refractivity contribution in [3.63, 3.8) is 0 Å². The molecule has 0 spiro atoms. The van der Waals surface area contributed by atoms with Crippen LogP contribution in [0.15, 0.2) is 54.9 Å². The molecule has 1 fully saturated rings. The molecule has 1 aliphatic heterocycles. The average Bonchev–Trinajstić information content (AvgIpc) is 2.75. The molecule has 10 heteroatoms. The molecule has 0 aromatic carbocycles. The summed E-state index contributed by atoms with van der Waals surface area (Å²) in [5.41, 5.74) is 2.66. The lowest BCUT2D eigenvalue weighted by atomic mass is 10.2. The van der Waals surface area contributed by atoms with Crippen LogP contribution in [0.4, 0.5) is 17.3 Å². The van der Waals surface area contributed by atoms with E-state index < -0.39 is 0 Å². The molecule has 30 heavy (non-hydrogen) atoms. The predicted molar refractivity (Wildman–Crippen MR) is 126 cm³/mol. The van der Waals surface area contributed by atoms with E-state index in [4.69, 9.17) is 9.47 Å². The molecule has 4 heterocycles. The number of anilines is 3. The Balaban J connectivity index is 0.00000150. The lowest BCUT2D eigenvalue weighted by molar-refractivity contribution is 0.122. The van der Waals surface area contributed by atoms with Crippen molar-refractivity contribution >= 4 is 54.5 Å². The first-order chi connectivity index (χ1) is 13.3. The first-order valence-corrected chi connectivity index (χ1v) is 8.86. The van der Waals surface area contributed by atoms with Gasteiger partial charge in [-0.2, -0.15) is 0 Å². The Labute approximate surface area is 194 Å². The van der Waals surface area contributed by atoms with Gasteiger partial charge in [0.25, 0.3) is 0 Å². The van der Waals surface area contributed by atoms with Gasteiger partial charge in [0.1, 0.15) is 5.82 Å². The molecule has 1 aliphatic rings. The first-order valence-electron chi connectivity index (χ1n) is 8.86. The summed E-state index contributed by atoms with van der Waals surface area (Å²) < 4.78 is 10.8. The van der Waals surface area contributed by atoms with Crippen LogP contribution in [0, 0.1) is 0 Å². The molecule has 0 atom stereocenters. The second-order valence-electron chi connectivity index (χ2n) is 6.09. The molecule has 0 radical (unpaired) electrons. The van der Waals surface area contributed by atoms with Crippen LogP contribution in [-0.4, -0.2) is 48.4 Å². The molecule has 162 valence electrons. The monoisotopic (exact) mass is 471 g/mol. The maximum atomic E-state index is 5.43. The van der Waals surface area contributed by atoms with Crippen molar-refractivity contribution in [2.75, 3.05) is 43.6 Å². The van der Waals surface area contributed by atoms with E-state index in [9.17, 15) is 0 Å². The zero-order chi connectivity index (χ0) is 18.5. The molecule has 0 aliphatic carbocycles. The number of morpholine rings is 1. The van der Waals surface area contributed by atoms with Gasteiger partial charge in [-0.3, -0.25) is 4.98 Å². The summed E-state index contributed by atoms with van der Waals surface area (Å²) in [6, 6.07) is 13.5. The summed E-state index contributed by atoms with van der Waals surface area (Å²) in [5.74, 6) is 1.96. The lowest BCUT2D eigenvalue weighted by Gasteiger charge is -2.28. The standard InChI is InChI=1S/C20H21N5O2.3ClH/c1-26-18-7-6-17(16-4-2-3-9-21-16)23-20(18)24-19-8-5-15(14-22-19)25-10-12-27-13-11-25;;;/h2-9,14H,10-13H2,1H3,(H,22,23,24);3*1H. The Kier molecular flexibility index (Phi) is 10.6. The Morgan fingerprint density at radius 1 is 0.933 bits per heavy atom. The Morgan fingerprint density at radius 2 is 1.73 bits per heavy atom. The molecule has 3 aromatic rings. The summed E-state index contributed by atoms with van der Waals surface area (Å²) in [4.78, 5) is 15.8. The van der Waals surface area contributed by atoms with Crippen LogP contribution in [0.3, 0.4) is 0 Å². The number of rotatable bonds is 5. The number of hydrogen-bond acceptors (Lipinski definition) is 7. The van der Waals surface area contributed by atoms with E-state index in [1.807, 2.05) is 42.6 Å². The molecule has 0 unspecified atom stereocenters. The molecule has 0 saturated carbocycles. The van der Waals surface area contributed by atoms with Crippen molar-refractivity contribution < 1.29 is 9.47 Å².